The summed E-state index contributed by atoms with van der Waals surface area (Å²) in [5.74, 6) is -0.173. The van der Waals surface area contributed by atoms with Crippen LogP contribution in [0, 0.1) is 5.41 Å². The highest BCUT2D eigenvalue weighted by Crippen LogP contribution is 2.67. The molecular formula is C32H38N2O6. The van der Waals surface area contributed by atoms with Gasteiger partial charge in [-0.2, -0.15) is 0 Å². The van der Waals surface area contributed by atoms with Crippen LogP contribution in [-0.4, -0.2) is 79.6 Å². The second-order valence-electron chi connectivity index (χ2n) is 11.8. The summed E-state index contributed by atoms with van der Waals surface area (Å²) in [7, 11) is 3.62. The zero-order valence-corrected chi connectivity index (χ0v) is 23.6. The van der Waals surface area contributed by atoms with Crippen molar-refractivity contribution in [2.75, 3.05) is 38.8 Å². The molecule has 6 rings (SSSR count). The van der Waals surface area contributed by atoms with E-state index in [2.05, 4.69) is 34.9 Å². The fourth-order valence-electron chi connectivity index (χ4n) is 8.62. The summed E-state index contributed by atoms with van der Waals surface area (Å²) in [6.45, 7) is 4.83. The maximum atomic E-state index is 13.1. The Morgan fingerprint density at radius 1 is 1.12 bits per heavy atom. The summed E-state index contributed by atoms with van der Waals surface area (Å²) in [6.07, 6.45) is 4.92. The molecule has 1 saturated heterocycles. The van der Waals surface area contributed by atoms with Gasteiger partial charge in [0, 0.05) is 49.1 Å². The quantitative estimate of drug-likeness (QED) is 0.418. The van der Waals surface area contributed by atoms with E-state index in [-0.39, 0.29) is 19.1 Å². The number of carbonyl (C=O) groups is 2. The Kier molecular flexibility index (Phi) is 6.46. The largest absolute Gasteiger partial charge is 0.497 e. The lowest BCUT2D eigenvalue weighted by Gasteiger charge is -2.64. The van der Waals surface area contributed by atoms with E-state index in [0.29, 0.717) is 6.42 Å². The molecular weight excluding hydrogens is 508 g/mol. The van der Waals surface area contributed by atoms with Crippen molar-refractivity contribution in [2.45, 2.75) is 62.3 Å². The van der Waals surface area contributed by atoms with Crippen molar-refractivity contribution in [3.05, 3.63) is 71.8 Å². The van der Waals surface area contributed by atoms with Crippen LogP contribution in [-0.2, 0) is 30.9 Å². The van der Waals surface area contributed by atoms with E-state index in [1.807, 2.05) is 49.5 Å². The predicted octanol–water partition coefficient (Wildman–Crippen LogP) is 3.25. The van der Waals surface area contributed by atoms with Crippen LogP contribution in [0.3, 0.4) is 0 Å². The molecule has 0 bridgehead atoms. The van der Waals surface area contributed by atoms with Crippen LogP contribution in [0.25, 0.3) is 0 Å². The van der Waals surface area contributed by atoms with Gasteiger partial charge in [0.25, 0.3) is 0 Å². The number of methoxy groups -OCH3 is 1. The predicted molar refractivity (Wildman–Crippen MR) is 150 cm³/mol. The Bertz CT molecular complexity index is 1350. The third-order valence-electron chi connectivity index (χ3n) is 9.87. The molecule has 1 aliphatic carbocycles. The second-order valence-corrected chi connectivity index (χ2v) is 11.8. The number of aliphatic hydroxyl groups is 1. The lowest BCUT2D eigenvalue weighted by molar-refractivity contribution is -0.232. The Hall–Kier alpha value is -3.36. The smallest absolute Gasteiger partial charge is 0.310 e. The number of hydrogen-bond donors (Lipinski definition) is 1. The van der Waals surface area contributed by atoms with Gasteiger partial charge < -0.3 is 24.2 Å². The van der Waals surface area contributed by atoms with Gasteiger partial charge in [-0.15, -0.1) is 0 Å². The van der Waals surface area contributed by atoms with Crippen LogP contribution in [0.2, 0.25) is 0 Å². The van der Waals surface area contributed by atoms with Crippen molar-refractivity contribution in [3.8, 4) is 5.75 Å². The number of benzene rings is 2. The highest BCUT2D eigenvalue weighted by atomic mass is 16.6. The molecule has 2 aromatic rings. The van der Waals surface area contributed by atoms with E-state index in [1.54, 1.807) is 7.11 Å². The van der Waals surface area contributed by atoms with Crippen molar-refractivity contribution in [1.29, 1.82) is 0 Å². The van der Waals surface area contributed by atoms with Crippen molar-refractivity contribution in [1.82, 2.24) is 4.90 Å². The first kappa shape index (κ1) is 26.8. The molecule has 3 aliphatic heterocycles. The third kappa shape index (κ3) is 3.65. The first-order chi connectivity index (χ1) is 19.2. The summed E-state index contributed by atoms with van der Waals surface area (Å²) in [5, 5.41) is 13.0. The Labute approximate surface area is 235 Å². The number of esters is 2. The Morgan fingerprint density at radius 3 is 2.60 bits per heavy atom. The van der Waals surface area contributed by atoms with Crippen LogP contribution in [0.15, 0.2) is 60.7 Å². The number of rotatable bonds is 7. The highest BCUT2D eigenvalue weighted by Gasteiger charge is 2.78. The number of likely N-dealkylation sites (N-methyl/N-ethyl adjacent to an activating group) is 1. The number of ether oxygens (including phenoxy) is 3. The van der Waals surface area contributed by atoms with Crippen molar-refractivity contribution >= 4 is 17.6 Å². The minimum absolute atomic E-state index is 0.0123. The summed E-state index contributed by atoms with van der Waals surface area (Å²) in [5.41, 5.74) is 0.109. The number of nitrogens with zero attached hydrogens (tertiary/aromatic N) is 2. The van der Waals surface area contributed by atoms with Crippen LogP contribution in [0.5, 0.6) is 5.75 Å². The van der Waals surface area contributed by atoms with Crippen molar-refractivity contribution in [2.24, 2.45) is 5.41 Å². The number of hydrogen-bond acceptors (Lipinski definition) is 8. The van der Waals surface area contributed by atoms with Gasteiger partial charge in [0.15, 0.2) is 5.60 Å². The van der Waals surface area contributed by atoms with Crippen molar-refractivity contribution in [3.63, 3.8) is 0 Å². The molecule has 3 heterocycles. The summed E-state index contributed by atoms with van der Waals surface area (Å²) in [4.78, 5) is 30.3. The first-order valence-electron chi connectivity index (χ1n) is 14.1. The molecule has 1 N–H and O–H groups in total. The standard InChI is InChI=1S/C32H38N2O6/c1-5-30-14-9-16-34-17-15-31(27(30)34)24-13-12-23(38-4)19-25(24)33(3)28(31)32(37,29(30)40-21(2)35)20-39-26(36)18-22-10-7-6-8-11-22/h6-14,19,27-29,37H,5,15-18,20H2,1-4H3/t27-,28+,29+,30+,31+,32-/m0/s1. The van der Waals surface area contributed by atoms with Crippen LogP contribution in [0.4, 0.5) is 5.69 Å². The molecule has 6 atom stereocenters. The minimum Gasteiger partial charge on any atom is -0.497 e. The average molecular weight is 547 g/mol. The van der Waals surface area contributed by atoms with Gasteiger partial charge in [-0.25, -0.2) is 0 Å². The lowest BCUT2D eigenvalue weighted by atomic mass is 9.48. The van der Waals surface area contributed by atoms with Gasteiger partial charge >= 0.3 is 11.9 Å². The lowest BCUT2D eigenvalue weighted by Crippen LogP contribution is -2.80. The molecule has 0 radical (unpaired) electrons. The van der Waals surface area contributed by atoms with Gasteiger partial charge in [0.1, 0.15) is 18.5 Å². The molecule has 0 unspecified atom stereocenters. The molecule has 2 aromatic carbocycles. The molecule has 8 nitrogen and oxygen atoms in total. The highest BCUT2D eigenvalue weighted by molar-refractivity contribution is 5.74. The van der Waals surface area contributed by atoms with Crippen molar-refractivity contribution < 1.29 is 28.9 Å². The molecule has 1 saturated carbocycles. The fraction of sp³-hybridized carbons (Fsp3) is 0.500. The maximum absolute atomic E-state index is 13.1. The van der Waals surface area contributed by atoms with E-state index in [1.165, 1.54) is 6.92 Å². The maximum Gasteiger partial charge on any atom is 0.310 e. The van der Waals surface area contributed by atoms with Crippen LogP contribution >= 0.6 is 0 Å². The van der Waals surface area contributed by atoms with Gasteiger partial charge in [-0.05, 0) is 36.6 Å². The molecule has 4 aliphatic rings. The summed E-state index contributed by atoms with van der Waals surface area (Å²) < 4.78 is 17.6. The van der Waals surface area contributed by atoms with Crippen LogP contribution in [0.1, 0.15) is 37.8 Å². The molecule has 8 heteroatoms. The number of anilines is 1. The van der Waals surface area contributed by atoms with Crippen LogP contribution < -0.4 is 9.64 Å². The number of fused-ring (bicyclic) bond motifs is 1. The van der Waals surface area contributed by atoms with Gasteiger partial charge in [0.05, 0.1) is 19.6 Å². The molecule has 0 aromatic heterocycles. The zero-order valence-electron chi connectivity index (χ0n) is 23.6. The normalized spacial score (nSPS) is 33.6. The van der Waals surface area contributed by atoms with E-state index >= 15 is 0 Å². The molecule has 40 heavy (non-hydrogen) atoms. The minimum atomic E-state index is -1.69. The van der Waals surface area contributed by atoms with E-state index in [4.69, 9.17) is 14.2 Å². The van der Waals surface area contributed by atoms with E-state index < -0.39 is 40.5 Å². The first-order valence-corrected chi connectivity index (χ1v) is 14.1. The van der Waals surface area contributed by atoms with E-state index in [0.717, 1.165) is 42.1 Å². The third-order valence-corrected chi connectivity index (χ3v) is 9.87. The van der Waals surface area contributed by atoms with Gasteiger partial charge in [-0.3, -0.25) is 14.5 Å². The second kappa shape index (κ2) is 9.63. The topological polar surface area (TPSA) is 88.5 Å². The zero-order chi connectivity index (χ0) is 28.3. The molecule has 0 amide bonds. The average Bonchev–Trinajstić information content (AvgIpc) is 3.46. The molecule has 212 valence electrons. The summed E-state index contributed by atoms with van der Waals surface area (Å²) >= 11 is 0. The van der Waals surface area contributed by atoms with E-state index in [9.17, 15) is 14.7 Å². The number of carbonyl (C=O) groups excluding carboxylic acids is 2. The SMILES string of the molecule is CC[C@]12C=CCN3CC[C@@]4(c5ccc(OC)cc5N(C)[C@H]4[C@@](O)(COC(=O)Cc4ccccc4)[C@@H]1OC(C)=O)[C@@H]32. The fourth-order valence-corrected chi connectivity index (χ4v) is 8.62. The molecule has 1 spiro atoms. The Morgan fingerprint density at radius 2 is 1.90 bits per heavy atom. The Balaban J connectivity index is 1.50. The van der Waals surface area contributed by atoms with Gasteiger partial charge in [0.2, 0.25) is 0 Å². The molecule has 2 fully saturated rings. The summed E-state index contributed by atoms with van der Waals surface area (Å²) in [6, 6.07) is 15.0. The van der Waals surface area contributed by atoms with Gasteiger partial charge in [-0.1, -0.05) is 55.5 Å². The monoisotopic (exact) mass is 546 g/mol.